The van der Waals surface area contributed by atoms with Gasteiger partial charge in [-0.15, -0.1) is 0 Å². The molecule has 3 rings (SSSR count). The molecule has 0 aromatic rings. The minimum atomic E-state index is -0.00660. The Labute approximate surface area is 122 Å². The van der Waals surface area contributed by atoms with E-state index in [0.717, 1.165) is 19.6 Å². The van der Waals surface area contributed by atoms with Crippen molar-refractivity contribution in [2.45, 2.75) is 76.6 Å². The molecule has 4 nitrogen and oxygen atoms in total. The molecule has 0 spiro atoms. The number of amides is 1. The molecule has 0 bridgehead atoms. The van der Waals surface area contributed by atoms with E-state index < -0.39 is 0 Å². The van der Waals surface area contributed by atoms with Crippen LogP contribution in [0.15, 0.2) is 0 Å². The molecule has 20 heavy (non-hydrogen) atoms. The van der Waals surface area contributed by atoms with Crippen LogP contribution >= 0.6 is 0 Å². The number of ether oxygens (including phenoxy) is 1. The molecule has 2 aliphatic heterocycles. The summed E-state index contributed by atoms with van der Waals surface area (Å²) in [6, 6.07) is -0.00660. The summed E-state index contributed by atoms with van der Waals surface area (Å²) in [7, 11) is 0. The standard InChI is InChI=1S/C16H28N2O2/c1-12-16(19)18(10-9-14-8-4-5-11-20-14)15(17-12)13-6-2-3-7-13/h12-15,17H,2-11H2,1H3. The minimum Gasteiger partial charge on any atom is -0.378 e. The van der Waals surface area contributed by atoms with E-state index in [1.807, 2.05) is 6.92 Å². The second kappa shape index (κ2) is 6.44. The molecule has 3 aliphatic rings. The number of nitrogens with one attached hydrogen (secondary N) is 1. The first-order valence-electron chi connectivity index (χ1n) is 8.44. The van der Waals surface area contributed by atoms with Gasteiger partial charge in [0.1, 0.15) is 0 Å². The first-order valence-corrected chi connectivity index (χ1v) is 8.44. The lowest BCUT2D eigenvalue weighted by Crippen LogP contribution is -2.43. The van der Waals surface area contributed by atoms with Gasteiger partial charge < -0.3 is 9.64 Å². The molecule has 3 fully saturated rings. The summed E-state index contributed by atoms with van der Waals surface area (Å²) in [6.45, 7) is 3.77. The van der Waals surface area contributed by atoms with Gasteiger partial charge in [0.2, 0.25) is 5.91 Å². The normalized spacial score (nSPS) is 36.0. The second-order valence-electron chi connectivity index (χ2n) is 6.69. The zero-order valence-electron chi connectivity index (χ0n) is 12.6. The van der Waals surface area contributed by atoms with Gasteiger partial charge in [-0.25, -0.2) is 0 Å². The first kappa shape index (κ1) is 14.3. The van der Waals surface area contributed by atoms with Gasteiger partial charge in [-0.05, 0) is 51.4 Å². The molecular weight excluding hydrogens is 252 g/mol. The Balaban J connectivity index is 1.57. The van der Waals surface area contributed by atoms with Gasteiger partial charge in [0, 0.05) is 13.2 Å². The molecule has 1 amide bonds. The van der Waals surface area contributed by atoms with E-state index in [1.165, 1.54) is 44.9 Å². The van der Waals surface area contributed by atoms with Crippen molar-refractivity contribution in [2.75, 3.05) is 13.2 Å². The van der Waals surface area contributed by atoms with Crippen LogP contribution in [0.4, 0.5) is 0 Å². The summed E-state index contributed by atoms with van der Waals surface area (Å²) in [5, 5.41) is 3.52. The van der Waals surface area contributed by atoms with Crippen molar-refractivity contribution in [3.05, 3.63) is 0 Å². The third-order valence-electron chi connectivity index (χ3n) is 5.22. The predicted molar refractivity (Wildman–Crippen MR) is 78.3 cm³/mol. The molecule has 0 aromatic heterocycles. The van der Waals surface area contributed by atoms with Crippen LogP contribution in [0.5, 0.6) is 0 Å². The fourth-order valence-electron chi connectivity index (χ4n) is 4.03. The van der Waals surface area contributed by atoms with Crippen LogP contribution < -0.4 is 5.32 Å². The highest BCUT2D eigenvalue weighted by Crippen LogP contribution is 2.32. The summed E-state index contributed by atoms with van der Waals surface area (Å²) in [5.41, 5.74) is 0. The molecule has 2 heterocycles. The average molecular weight is 280 g/mol. The van der Waals surface area contributed by atoms with Gasteiger partial charge >= 0.3 is 0 Å². The molecule has 114 valence electrons. The second-order valence-corrected chi connectivity index (χ2v) is 6.69. The number of rotatable bonds is 4. The highest BCUT2D eigenvalue weighted by Gasteiger charge is 2.41. The van der Waals surface area contributed by atoms with Crippen molar-refractivity contribution in [1.82, 2.24) is 10.2 Å². The summed E-state index contributed by atoms with van der Waals surface area (Å²) < 4.78 is 5.80. The maximum Gasteiger partial charge on any atom is 0.240 e. The van der Waals surface area contributed by atoms with Crippen LogP contribution in [0.1, 0.15) is 58.3 Å². The van der Waals surface area contributed by atoms with Gasteiger partial charge in [0.25, 0.3) is 0 Å². The highest BCUT2D eigenvalue weighted by molar-refractivity contribution is 5.83. The number of nitrogens with zero attached hydrogens (tertiary/aromatic N) is 1. The van der Waals surface area contributed by atoms with Gasteiger partial charge in [-0.1, -0.05) is 12.8 Å². The Morgan fingerprint density at radius 3 is 2.65 bits per heavy atom. The summed E-state index contributed by atoms with van der Waals surface area (Å²) in [4.78, 5) is 14.5. The number of carbonyl (C=O) groups excluding carboxylic acids is 1. The fraction of sp³-hybridized carbons (Fsp3) is 0.938. The Morgan fingerprint density at radius 2 is 1.95 bits per heavy atom. The molecule has 3 unspecified atom stereocenters. The lowest BCUT2D eigenvalue weighted by molar-refractivity contribution is -0.130. The summed E-state index contributed by atoms with van der Waals surface area (Å²) in [6.07, 6.45) is 10.5. The Kier molecular flexibility index (Phi) is 4.61. The minimum absolute atomic E-state index is 0.00660. The topological polar surface area (TPSA) is 41.6 Å². The van der Waals surface area contributed by atoms with Gasteiger partial charge in [0.05, 0.1) is 18.3 Å². The van der Waals surface area contributed by atoms with E-state index in [0.29, 0.717) is 12.0 Å². The fourth-order valence-corrected chi connectivity index (χ4v) is 4.03. The number of hydrogen-bond donors (Lipinski definition) is 1. The van der Waals surface area contributed by atoms with Crippen LogP contribution in [0.3, 0.4) is 0 Å². The van der Waals surface area contributed by atoms with Crippen LogP contribution in [0.25, 0.3) is 0 Å². The van der Waals surface area contributed by atoms with E-state index in [-0.39, 0.29) is 18.1 Å². The van der Waals surface area contributed by atoms with E-state index in [9.17, 15) is 4.79 Å². The molecule has 2 saturated heterocycles. The molecule has 3 atom stereocenters. The van der Waals surface area contributed by atoms with Crippen LogP contribution in [0.2, 0.25) is 0 Å². The molecule has 0 radical (unpaired) electrons. The molecule has 1 aliphatic carbocycles. The number of carbonyl (C=O) groups is 1. The molecule has 1 N–H and O–H groups in total. The van der Waals surface area contributed by atoms with E-state index in [2.05, 4.69) is 10.2 Å². The van der Waals surface area contributed by atoms with Crippen molar-refractivity contribution in [1.29, 1.82) is 0 Å². The van der Waals surface area contributed by atoms with Gasteiger partial charge in [-0.3, -0.25) is 10.1 Å². The zero-order valence-corrected chi connectivity index (χ0v) is 12.6. The largest absolute Gasteiger partial charge is 0.378 e. The highest BCUT2D eigenvalue weighted by atomic mass is 16.5. The van der Waals surface area contributed by atoms with E-state index in [4.69, 9.17) is 4.74 Å². The van der Waals surface area contributed by atoms with Gasteiger partial charge in [-0.2, -0.15) is 0 Å². The van der Waals surface area contributed by atoms with Crippen molar-refractivity contribution in [3.8, 4) is 0 Å². The lowest BCUT2D eigenvalue weighted by Gasteiger charge is -2.31. The molecule has 4 heteroatoms. The van der Waals surface area contributed by atoms with Crippen molar-refractivity contribution >= 4 is 5.91 Å². The first-order chi connectivity index (χ1) is 9.75. The molecule has 1 saturated carbocycles. The maximum atomic E-state index is 12.4. The Morgan fingerprint density at radius 1 is 1.20 bits per heavy atom. The van der Waals surface area contributed by atoms with E-state index in [1.54, 1.807) is 0 Å². The van der Waals surface area contributed by atoms with Crippen molar-refractivity contribution in [2.24, 2.45) is 5.92 Å². The van der Waals surface area contributed by atoms with Crippen molar-refractivity contribution in [3.63, 3.8) is 0 Å². The van der Waals surface area contributed by atoms with Gasteiger partial charge in [0.15, 0.2) is 0 Å². The van der Waals surface area contributed by atoms with Crippen LogP contribution in [-0.2, 0) is 9.53 Å². The van der Waals surface area contributed by atoms with Crippen LogP contribution in [-0.4, -0.2) is 42.3 Å². The quantitative estimate of drug-likeness (QED) is 0.859. The number of hydrogen-bond acceptors (Lipinski definition) is 3. The Bertz CT molecular complexity index is 335. The zero-order chi connectivity index (χ0) is 13.9. The predicted octanol–water partition coefficient (Wildman–Crippen LogP) is 2.28. The monoisotopic (exact) mass is 280 g/mol. The maximum absolute atomic E-state index is 12.4. The summed E-state index contributed by atoms with van der Waals surface area (Å²) in [5.74, 6) is 0.953. The van der Waals surface area contributed by atoms with E-state index >= 15 is 0 Å². The van der Waals surface area contributed by atoms with Crippen molar-refractivity contribution < 1.29 is 9.53 Å². The lowest BCUT2D eigenvalue weighted by atomic mass is 10.0. The smallest absolute Gasteiger partial charge is 0.240 e. The molecule has 0 aromatic carbocycles. The summed E-state index contributed by atoms with van der Waals surface area (Å²) >= 11 is 0. The average Bonchev–Trinajstić information content (AvgIpc) is 3.08. The molecular formula is C16H28N2O2. The third kappa shape index (κ3) is 3.01. The Hall–Kier alpha value is -0.610. The SMILES string of the molecule is CC1NC(C2CCCC2)N(CCC2CCCCO2)C1=O. The third-order valence-corrected chi connectivity index (χ3v) is 5.22. The van der Waals surface area contributed by atoms with Crippen LogP contribution in [0, 0.1) is 5.92 Å².